The van der Waals surface area contributed by atoms with Gasteiger partial charge in [0.1, 0.15) is 5.75 Å². The maximum Gasteiger partial charge on any atom is 0.258 e. The Hall–Kier alpha value is -3.39. The number of rotatable bonds is 13. The predicted molar refractivity (Wildman–Crippen MR) is 179 cm³/mol. The summed E-state index contributed by atoms with van der Waals surface area (Å²) in [5.41, 5.74) is 2.76. The molecule has 2 aromatic heterocycles. The summed E-state index contributed by atoms with van der Waals surface area (Å²) in [6.07, 6.45) is 12.1. The standard InChI is InChI=1S/C35H48ClN5O3/c1-7-10-16-35(5,6)22-27(13-8-2)44-28-20-29(36)32-30(21-28)38-34(39-33(43)25-15-17-37-24(4)19-25)41(32)26-14-11-12-18-40(23-26)31(42)9-3/h9,15,17,19-21,26-27H,3,7-8,10-14,16,18,22-23H2,1-2,4-6H3,(H,38,39,43). The monoisotopic (exact) mass is 621 g/mol. The number of carbonyl (C=O) groups is 2. The van der Waals surface area contributed by atoms with Crippen molar-refractivity contribution in [3.05, 3.63) is 59.4 Å². The van der Waals surface area contributed by atoms with Crippen molar-refractivity contribution in [1.82, 2.24) is 19.4 Å². The van der Waals surface area contributed by atoms with E-state index in [4.69, 9.17) is 21.3 Å². The number of halogens is 1. The Morgan fingerprint density at radius 3 is 2.73 bits per heavy atom. The van der Waals surface area contributed by atoms with Crippen LogP contribution in [0.25, 0.3) is 11.0 Å². The lowest BCUT2D eigenvalue weighted by molar-refractivity contribution is -0.126. The molecule has 1 saturated heterocycles. The molecule has 238 valence electrons. The van der Waals surface area contributed by atoms with E-state index in [-0.39, 0.29) is 29.4 Å². The van der Waals surface area contributed by atoms with Crippen molar-refractivity contribution in [2.75, 3.05) is 18.4 Å². The molecule has 0 bridgehead atoms. The first-order chi connectivity index (χ1) is 21.0. The number of hydrogen-bond acceptors (Lipinski definition) is 5. The van der Waals surface area contributed by atoms with E-state index in [1.807, 2.05) is 28.5 Å². The molecule has 2 amide bonds. The average Bonchev–Trinajstić information content (AvgIpc) is 3.16. The third-order valence-corrected chi connectivity index (χ3v) is 8.78. The molecule has 1 fully saturated rings. The molecule has 3 heterocycles. The summed E-state index contributed by atoms with van der Waals surface area (Å²) in [6.45, 7) is 15.7. The van der Waals surface area contributed by atoms with Crippen molar-refractivity contribution in [3.8, 4) is 5.75 Å². The van der Waals surface area contributed by atoms with E-state index in [2.05, 4.69) is 44.6 Å². The number of fused-ring (bicyclic) bond motifs is 1. The number of imidazole rings is 1. The zero-order valence-electron chi connectivity index (χ0n) is 27.0. The Kier molecular flexibility index (Phi) is 11.5. The first-order valence-electron chi connectivity index (χ1n) is 16.1. The number of ether oxygens (including phenoxy) is 1. The van der Waals surface area contributed by atoms with Crippen molar-refractivity contribution >= 4 is 40.4 Å². The van der Waals surface area contributed by atoms with Gasteiger partial charge in [0, 0.05) is 42.7 Å². The molecule has 1 aliphatic heterocycles. The van der Waals surface area contributed by atoms with Crippen LogP contribution in [0, 0.1) is 12.3 Å². The predicted octanol–water partition coefficient (Wildman–Crippen LogP) is 8.54. The van der Waals surface area contributed by atoms with E-state index in [9.17, 15) is 9.59 Å². The van der Waals surface area contributed by atoms with Crippen LogP contribution in [-0.2, 0) is 4.79 Å². The lowest BCUT2D eigenvalue weighted by Crippen LogP contribution is -2.34. The number of benzene rings is 1. The number of hydrogen-bond donors (Lipinski definition) is 1. The van der Waals surface area contributed by atoms with Crippen LogP contribution in [0.15, 0.2) is 43.1 Å². The Bertz CT molecular complexity index is 1470. The maximum atomic E-state index is 13.4. The summed E-state index contributed by atoms with van der Waals surface area (Å²) < 4.78 is 8.61. The molecule has 2 unspecified atom stereocenters. The molecule has 44 heavy (non-hydrogen) atoms. The molecule has 0 spiro atoms. The van der Waals surface area contributed by atoms with Crippen LogP contribution in [0.4, 0.5) is 5.95 Å². The number of pyridine rings is 1. The molecule has 9 heteroatoms. The fourth-order valence-electron chi connectivity index (χ4n) is 6.28. The van der Waals surface area contributed by atoms with Crippen LogP contribution in [-0.4, -0.2) is 50.4 Å². The number of nitrogens with zero attached hydrogens (tertiary/aromatic N) is 4. The van der Waals surface area contributed by atoms with Crippen molar-refractivity contribution in [3.63, 3.8) is 0 Å². The lowest BCUT2D eigenvalue weighted by atomic mass is 9.81. The van der Waals surface area contributed by atoms with Crippen LogP contribution in [0.2, 0.25) is 5.02 Å². The summed E-state index contributed by atoms with van der Waals surface area (Å²) in [5, 5.41) is 3.54. The van der Waals surface area contributed by atoms with E-state index in [1.165, 1.54) is 18.9 Å². The van der Waals surface area contributed by atoms with Crippen molar-refractivity contribution < 1.29 is 14.3 Å². The second kappa shape index (κ2) is 15.1. The molecule has 3 aromatic rings. The van der Waals surface area contributed by atoms with E-state index < -0.39 is 0 Å². The van der Waals surface area contributed by atoms with Gasteiger partial charge in [0.2, 0.25) is 11.9 Å². The Balaban J connectivity index is 1.74. The van der Waals surface area contributed by atoms with Gasteiger partial charge in [0.15, 0.2) is 0 Å². The van der Waals surface area contributed by atoms with Crippen LogP contribution in [0.1, 0.15) is 108 Å². The Morgan fingerprint density at radius 2 is 2.02 bits per heavy atom. The molecule has 1 aromatic carbocycles. The van der Waals surface area contributed by atoms with E-state index in [1.54, 1.807) is 18.3 Å². The smallest absolute Gasteiger partial charge is 0.258 e. The molecule has 1 N–H and O–H groups in total. The fraction of sp³-hybridized carbons (Fsp3) is 0.543. The van der Waals surface area contributed by atoms with Crippen molar-refractivity contribution in [2.24, 2.45) is 5.41 Å². The molecule has 0 saturated carbocycles. The SMILES string of the molecule is C=CC(=O)N1CCCCC(n2c(NC(=O)c3ccnc(C)c3)nc3cc(OC(CCC)CC(C)(C)CCCC)cc(Cl)c32)C1. The summed E-state index contributed by atoms with van der Waals surface area (Å²) in [4.78, 5) is 37.0. The van der Waals surface area contributed by atoms with E-state index in [0.717, 1.165) is 50.6 Å². The fourth-order valence-corrected chi connectivity index (χ4v) is 6.58. The van der Waals surface area contributed by atoms with E-state index in [0.29, 0.717) is 46.4 Å². The normalized spacial score (nSPS) is 16.4. The number of carbonyl (C=O) groups excluding carboxylic acids is 2. The van der Waals surface area contributed by atoms with Gasteiger partial charge in [-0.1, -0.05) is 65.1 Å². The third kappa shape index (κ3) is 8.40. The zero-order chi connectivity index (χ0) is 31.9. The topological polar surface area (TPSA) is 89.4 Å². The first-order valence-corrected chi connectivity index (χ1v) is 16.5. The highest BCUT2D eigenvalue weighted by Gasteiger charge is 2.29. The maximum absolute atomic E-state index is 13.4. The largest absolute Gasteiger partial charge is 0.490 e. The van der Waals surface area contributed by atoms with Crippen LogP contribution >= 0.6 is 11.6 Å². The minimum Gasteiger partial charge on any atom is -0.490 e. The second-order valence-electron chi connectivity index (χ2n) is 12.9. The summed E-state index contributed by atoms with van der Waals surface area (Å²) >= 11 is 7.04. The van der Waals surface area contributed by atoms with Crippen LogP contribution in [0.3, 0.4) is 0 Å². The Labute approximate surface area is 267 Å². The first kappa shape index (κ1) is 33.5. The molecule has 4 rings (SSSR count). The van der Waals surface area contributed by atoms with Gasteiger partial charge in [-0.05, 0) is 69.1 Å². The minimum absolute atomic E-state index is 0.0527. The highest BCUT2D eigenvalue weighted by Crippen LogP contribution is 2.38. The lowest BCUT2D eigenvalue weighted by Gasteiger charge is -2.30. The zero-order valence-corrected chi connectivity index (χ0v) is 27.8. The van der Waals surface area contributed by atoms with Gasteiger partial charge in [-0.25, -0.2) is 4.98 Å². The summed E-state index contributed by atoms with van der Waals surface area (Å²) in [5.74, 6) is 0.667. The van der Waals surface area contributed by atoms with Gasteiger partial charge in [0.25, 0.3) is 5.91 Å². The van der Waals surface area contributed by atoms with Gasteiger partial charge in [-0.2, -0.15) is 0 Å². The van der Waals surface area contributed by atoms with Crippen LogP contribution in [0.5, 0.6) is 5.75 Å². The van der Waals surface area contributed by atoms with Crippen molar-refractivity contribution in [1.29, 1.82) is 0 Å². The minimum atomic E-state index is -0.287. The number of aryl methyl sites for hydroxylation is 1. The summed E-state index contributed by atoms with van der Waals surface area (Å²) in [7, 11) is 0. The average molecular weight is 622 g/mol. The molecule has 8 nitrogen and oxygen atoms in total. The van der Waals surface area contributed by atoms with Gasteiger partial charge in [-0.15, -0.1) is 0 Å². The number of aromatic nitrogens is 3. The van der Waals surface area contributed by atoms with Gasteiger partial charge < -0.3 is 14.2 Å². The third-order valence-electron chi connectivity index (χ3n) is 8.50. The van der Waals surface area contributed by atoms with E-state index >= 15 is 0 Å². The molecule has 2 atom stereocenters. The van der Waals surface area contributed by atoms with Crippen molar-refractivity contribution in [2.45, 2.75) is 105 Å². The molecule has 0 aliphatic carbocycles. The van der Waals surface area contributed by atoms with Gasteiger partial charge in [0.05, 0.1) is 28.2 Å². The Morgan fingerprint density at radius 1 is 1.23 bits per heavy atom. The molecule has 0 radical (unpaired) electrons. The highest BCUT2D eigenvalue weighted by atomic mass is 35.5. The van der Waals surface area contributed by atoms with Crippen LogP contribution < -0.4 is 10.1 Å². The molecular weight excluding hydrogens is 574 g/mol. The van der Waals surface area contributed by atoms with Gasteiger partial charge in [-0.3, -0.25) is 19.9 Å². The number of nitrogens with one attached hydrogen (secondary N) is 1. The van der Waals surface area contributed by atoms with Gasteiger partial charge >= 0.3 is 0 Å². The quantitative estimate of drug-likeness (QED) is 0.193. The number of unbranched alkanes of at least 4 members (excludes halogenated alkanes) is 1. The molecular formula is C35H48ClN5O3. The second-order valence-corrected chi connectivity index (χ2v) is 13.3. The highest BCUT2D eigenvalue weighted by molar-refractivity contribution is 6.35. The number of likely N-dealkylation sites (tertiary alicyclic amines) is 1. The number of amides is 2. The number of anilines is 1. The molecule has 1 aliphatic rings. The summed E-state index contributed by atoms with van der Waals surface area (Å²) in [6, 6.07) is 7.07.